The number of rotatable bonds is 3. The minimum absolute atomic E-state index is 0.469. The molecule has 0 aromatic carbocycles. The van der Waals surface area contributed by atoms with E-state index in [9.17, 15) is 0 Å². The van der Waals surface area contributed by atoms with Crippen LogP contribution in [0.3, 0.4) is 0 Å². The highest BCUT2D eigenvalue weighted by atomic mass is 15.4. The van der Waals surface area contributed by atoms with Crippen molar-refractivity contribution in [2.45, 2.75) is 0 Å². The lowest BCUT2D eigenvalue weighted by Gasteiger charge is -1.97. The molecule has 8 heteroatoms. The first kappa shape index (κ1) is 12.5. The third-order valence-electron chi connectivity index (χ3n) is 3.14. The van der Waals surface area contributed by atoms with Gasteiger partial charge in [-0.05, 0) is 12.1 Å². The van der Waals surface area contributed by atoms with Gasteiger partial charge in [-0.25, -0.2) is 9.50 Å². The first-order chi connectivity index (χ1) is 10.8. The molecule has 1 N–H and O–H groups in total. The monoisotopic (exact) mass is 292 g/mol. The Bertz CT molecular complexity index is 924. The van der Waals surface area contributed by atoms with Crippen LogP contribution in [0, 0.1) is 0 Å². The van der Waals surface area contributed by atoms with Gasteiger partial charge in [0.15, 0.2) is 5.65 Å². The minimum atomic E-state index is 0.469. The lowest BCUT2D eigenvalue weighted by molar-refractivity contribution is 0.768. The zero-order chi connectivity index (χ0) is 14.9. The summed E-state index contributed by atoms with van der Waals surface area (Å²) in [6.45, 7) is 0. The fourth-order valence-electron chi connectivity index (χ4n) is 2.17. The van der Waals surface area contributed by atoms with Crippen molar-refractivity contribution in [2.75, 3.05) is 5.32 Å². The number of aryl methyl sites for hydroxylation is 1. The number of anilines is 2. The van der Waals surface area contributed by atoms with Crippen molar-refractivity contribution in [1.29, 1.82) is 0 Å². The van der Waals surface area contributed by atoms with Gasteiger partial charge in [-0.15, -0.1) is 5.10 Å². The molecule has 0 saturated carbocycles. The normalized spacial score (nSPS) is 11.0. The summed E-state index contributed by atoms with van der Waals surface area (Å²) in [5.74, 6) is 1.16. The van der Waals surface area contributed by atoms with Crippen LogP contribution in [0.15, 0.2) is 49.2 Å². The molecule has 22 heavy (non-hydrogen) atoms. The molecule has 0 radical (unpaired) electrons. The van der Waals surface area contributed by atoms with Crippen molar-refractivity contribution >= 4 is 17.4 Å². The molecule has 0 bridgehead atoms. The number of pyridine rings is 1. The molecule has 4 aromatic rings. The number of nitrogens with one attached hydrogen (secondary N) is 1. The summed E-state index contributed by atoms with van der Waals surface area (Å²) >= 11 is 0. The number of hydrogen-bond acceptors (Lipinski definition) is 6. The Labute approximate surface area is 125 Å². The van der Waals surface area contributed by atoms with Crippen LogP contribution in [-0.2, 0) is 7.05 Å². The van der Waals surface area contributed by atoms with Gasteiger partial charge in [0.1, 0.15) is 11.5 Å². The summed E-state index contributed by atoms with van der Waals surface area (Å²) in [5.41, 5.74) is 2.29. The molecule has 0 aliphatic carbocycles. The van der Waals surface area contributed by atoms with E-state index in [0.29, 0.717) is 17.4 Å². The Morgan fingerprint density at radius 3 is 2.86 bits per heavy atom. The molecule has 4 rings (SSSR count). The summed E-state index contributed by atoms with van der Waals surface area (Å²) in [6, 6.07) is 5.60. The molecule has 0 saturated heterocycles. The van der Waals surface area contributed by atoms with E-state index in [1.807, 2.05) is 31.4 Å². The van der Waals surface area contributed by atoms with Gasteiger partial charge in [-0.2, -0.15) is 10.1 Å². The molecule has 0 aliphatic rings. The first-order valence-electron chi connectivity index (χ1n) is 6.68. The third-order valence-corrected chi connectivity index (χ3v) is 3.14. The molecule has 4 heterocycles. The van der Waals surface area contributed by atoms with E-state index in [4.69, 9.17) is 0 Å². The quantitative estimate of drug-likeness (QED) is 0.618. The second-order valence-corrected chi connectivity index (χ2v) is 4.72. The molecule has 0 unspecified atom stereocenters. The summed E-state index contributed by atoms with van der Waals surface area (Å²) in [4.78, 5) is 13.1. The van der Waals surface area contributed by atoms with Crippen LogP contribution in [0.1, 0.15) is 0 Å². The fraction of sp³-hybridized carbons (Fsp3) is 0.0714. The van der Waals surface area contributed by atoms with Gasteiger partial charge in [0, 0.05) is 37.4 Å². The van der Waals surface area contributed by atoms with Crippen molar-refractivity contribution < 1.29 is 0 Å². The second kappa shape index (κ2) is 4.92. The van der Waals surface area contributed by atoms with E-state index >= 15 is 0 Å². The Morgan fingerprint density at radius 2 is 2.09 bits per heavy atom. The molecule has 0 atom stereocenters. The van der Waals surface area contributed by atoms with E-state index in [2.05, 4.69) is 30.5 Å². The molecule has 4 aromatic heterocycles. The smallest absolute Gasteiger partial charge is 0.248 e. The van der Waals surface area contributed by atoms with E-state index in [1.165, 1.54) is 0 Å². The molecule has 108 valence electrons. The van der Waals surface area contributed by atoms with Crippen LogP contribution in [-0.4, -0.2) is 34.3 Å². The van der Waals surface area contributed by atoms with Crippen molar-refractivity contribution in [3.63, 3.8) is 0 Å². The average molecular weight is 292 g/mol. The Hall–Kier alpha value is -3.29. The van der Waals surface area contributed by atoms with Crippen LogP contribution in [0.2, 0.25) is 0 Å². The summed E-state index contributed by atoms with van der Waals surface area (Å²) < 4.78 is 3.41. The highest BCUT2D eigenvalue weighted by molar-refractivity contribution is 5.73. The van der Waals surface area contributed by atoms with Gasteiger partial charge in [-0.1, -0.05) is 6.07 Å². The number of aromatic nitrogens is 7. The molecule has 0 spiro atoms. The van der Waals surface area contributed by atoms with Crippen LogP contribution < -0.4 is 5.32 Å². The molecule has 0 fully saturated rings. The molecular weight excluding hydrogens is 280 g/mol. The van der Waals surface area contributed by atoms with E-state index < -0.39 is 0 Å². The second-order valence-electron chi connectivity index (χ2n) is 4.72. The van der Waals surface area contributed by atoms with Crippen LogP contribution in [0.25, 0.3) is 16.9 Å². The maximum absolute atomic E-state index is 4.49. The van der Waals surface area contributed by atoms with Gasteiger partial charge in [0.05, 0.1) is 6.20 Å². The van der Waals surface area contributed by atoms with Gasteiger partial charge < -0.3 is 5.32 Å². The SMILES string of the molecule is Cn1cc(-c2nccn3nc(Nc4ccccn4)nc23)cn1. The van der Waals surface area contributed by atoms with Crippen LogP contribution >= 0.6 is 0 Å². The Kier molecular flexibility index (Phi) is 2.78. The lowest BCUT2D eigenvalue weighted by atomic mass is 10.2. The van der Waals surface area contributed by atoms with Crippen molar-refractivity contribution in [3.05, 3.63) is 49.2 Å². The van der Waals surface area contributed by atoms with Gasteiger partial charge in [0.2, 0.25) is 5.95 Å². The maximum Gasteiger partial charge on any atom is 0.248 e. The maximum atomic E-state index is 4.49. The zero-order valence-corrected chi connectivity index (χ0v) is 11.7. The Balaban J connectivity index is 1.78. The van der Waals surface area contributed by atoms with E-state index in [-0.39, 0.29) is 0 Å². The molecular formula is C14H12N8. The summed E-state index contributed by atoms with van der Waals surface area (Å²) in [6.07, 6.45) is 8.80. The predicted octanol–water partition coefficient (Wildman–Crippen LogP) is 1.66. The van der Waals surface area contributed by atoms with Gasteiger partial charge >= 0.3 is 0 Å². The number of hydrogen-bond donors (Lipinski definition) is 1. The van der Waals surface area contributed by atoms with Gasteiger partial charge in [-0.3, -0.25) is 9.67 Å². The first-order valence-corrected chi connectivity index (χ1v) is 6.68. The highest BCUT2D eigenvalue weighted by Gasteiger charge is 2.12. The standard InChI is InChI=1S/C14H12N8/c1-21-9-10(8-17-21)12-13-19-14(20-22(13)7-6-16-12)18-11-4-2-3-5-15-11/h2-9H,1H3,(H,15,18,20). The van der Waals surface area contributed by atoms with E-state index in [1.54, 1.807) is 34.0 Å². The molecule has 0 aliphatic heterocycles. The zero-order valence-electron chi connectivity index (χ0n) is 11.7. The van der Waals surface area contributed by atoms with Crippen molar-refractivity contribution in [2.24, 2.45) is 7.05 Å². The number of fused-ring (bicyclic) bond motifs is 1. The van der Waals surface area contributed by atoms with Crippen molar-refractivity contribution in [1.82, 2.24) is 34.3 Å². The fourth-order valence-corrected chi connectivity index (χ4v) is 2.17. The van der Waals surface area contributed by atoms with Crippen LogP contribution in [0.4, 0.5) is 11.8 Å². The lowest BCUT2D eigenvalue weighted by Crippen LogP contribution is -1.94. The van der Waals surface area contributed by atoms with E-state index in [0.717, 1.165) is 11.3 Å². The average Bonchev–Trinajstić information content (AvgIpc) is 3.13. The van der Waals surface area contributed by atoms with Gasteiger partial charge in [0.25, 0.3) is 0 Å². The number of nitrogens with zero attached hydrogens (tertiary/aromatic N) is 7. The molecule has 8 nitrogen and oxygen atoms in total. The Morgan fingerprint density at radius 1 is 1.14 bits per heavy atom. The third kappa shape index (κ3) is 2.16. The largest absolute Gasteiger partial charge is 0.307 e. The highest BCUT2D eigenvalue weighted by Crippen LogP contribution is 2.21. The minimum Gasteiger partial charge on any atom is -0.307 e. The molecule has 0 amide bonds. The van der Waals surface area contributed by atoms with Crippen LogP contribution in [0.5, 0.6) is 0 Å². The topological polar surface area (TPSA) is 85.8 Å². The summed E-state index contributed by atoms with van der Waals surface area (Å²) in [7, 11) is 1.86. The summed E-state index contributed by atoms with van der Waals surface area (Å²) in [5, 5.41) is 11.6. The van der Waals surface area contributed by atoms with Crippen molar-refractivity contribution in [3.8, 4) is 11.3 Å². The predicted molar refractivity (Wildman–Crippen MR) is 80.5 cm³/mol.